The molecule has 1 aliphatic carbocycles. The van der Waals surface area contributed by atoms with Gasteiger partial charge in [-0.1, -0.05) is 6.07 Å². The van der Waals surface area contributed by atoms with Gasteiger partial charge in [0, 0.05) is 23.4 Å². The lowest BCUT2D eigenvalue weighted by atomic mass is 9.94. The van der Waals surface area contributed by atoms with E-state index < -0.39 is 0 Å². The first-order valence-corrected chi connectivity index (χ1v) is 6.63. The monoisotopic (exact) mass is 269 g/mol. The molecule has 0 amide bonds. The van der Waals surface area contributed by atoms with Crippen molar-refractivity contribution in [3.05, 3.63) is 41.1 Å². The lowest BCUT2D eigenvalue weighted by molar-refractivity contribution is -0.134. The summed E-state index contributed by atoms with van der Waals surface area (Å²) in [5.74, 6) is -0.189. The van der Waals surface area contributed by atoms with Crippen molar-refractivity contribution in [3.63, 3.8) is 0 Å². The van der Waals surface area contributed by atoms with Gasteiger partial charge in [0.15, 0.2) is 5.78 Å². The fraction of sp³-hybridized carbons (Fsp3) is 0.250. The standard InChI is InChI=1S/C16H15NO3/c1-20-15(19)8-6-10-5-7-13-12(9-10)11-3-2-4-14(18)16(11)17-13/h5-9,17H,2-4H2,1H3. The lowest BCUT2D eigenvalue weighted by Crippen LogP contribution is -2.09. The normalized spacial score (nSPS) is 14.8. The van der Waals surface area contributed by atoms with Gasteiger partial charge in [-0.15, -0.1) is 0 Å². The highest BCUT2D eigenvalue weighted by Crippen LogP contribution is 2.29. The molecule has 1 heterocycles. The molecular weight excluding hydrogens is 254 g/mol. The minimum atomic E-state index is -0.378. The molecule has 4 nitrogen and oxygen atoms in total. The average Bonchev–Trinajstić information content (AvgIpc) is 2.84. The molecule has 1 aliphatic rings. The highest BCUT2D eigenvalue weighted by atomic mass is 16.5. The maximum atomic E-state index is 11.9. The van der Waals surface area contributed by atoms with E-state index in [9.17, 15) is 9.59 Å². The number of rotatable bonds is 2. The van der Waals surface area contributed by atoms with Crippen molar-refractivity contribution in [1.82, 2.24) is 4.98 Å². The van der Waals surface area contributed by atoms with Gasteiger partial charge >= 0.3 is 5.97 Å². The predicted molar refractivity (Wildman–Crippen MR) is 76.6 cm³/mol. The number of carbonyl (C=O) groups excluding carboxylic acids is 2. The van der Waals surface area contributed by atoms with Crippen molar-refractivity contribution in [2.75, 3.05) is 7.11 Å². The fourth-order valence-electron chi connectivity index (χ4n) is 2.65. The fourth-order valence-corrected chi connectivity index (χ4v) is 2.65. The summed E-state index contributed by atoms with van der Waals surface area (Å²) in [5, 5.41) is 1.07. The lowest BCUT2D eigenvalue weighted by Gasteiger charge is -2.09. The molecule has 20 heavy (non-hydrogen) atoms. The Hall–Kier alpha value is -2.36. The number of H-pyrrole nitrogens is 1. The smallest absolute Gasteiger partial charge is 0.330 e. The minimum Gasteiger partial charge on any atom is -0.466 e. The summed E-state index contributed by atoms with van der Waals surface area (Å²) >= 11 is 0. The number of aromatic amines is 1. The van der Waals surface area contributed by atoms with Crippen LogP contribution < -0.4 is 0 Å². The maximum absolute atomic E-state index is 11.9. The summed E-state index contributed by atoms with van der Waals surface area (Å²) in [6.45, 7) is 0. The van der Waals surface area contributed by atoms with Crippen molar-refractivity contribution in [2.24, 2.45) is 0 Å². The van der Waals surface area contributed by atoms with E-state index in [1.807, 2.05) is 18.2 Å². The van der Waals surface area contributed by atoms with Gasteiger partial charge in [0.1, 0.15) is 0 Å². The summed E-state index contributed by atoms with van der Waals surface area (Å²) in [6, 6.07) is 5.86. The third kappa shape index (κ3) is 2.13. The number of hydrogen-bond acceptors (Lipinski definition) is 3. The number of fused-ring (bicyclic) bond motifs is 3. The number of hydrogen-bond donors (Lipinski definition) is 1. The van der Waals surface area contributed by atoms with Crippen molar-refractivity contribution >= 4 is 28.7 Å². The Kier molecular flexibility index (Phi) is 3.14. The summed E-state index contributed by atoms with van der Waals surface area (Å²) in [6.07, 6.45) is 5.56. The average molecular weight is 269 g/mol. The van der Waals surface area contributed by atoms with Gasteiger partial charge in [-0.2, -0.15) is 0 Å². The van der Waals surface area contributed by atoms with Crippen LogP contribution in [0.5, 0.6) is 0 Å². The predicted octanol–water partition coefficient (Wildman–Crippen LogP) is 2.87. The molecule has 0 spiro atoms. The molecule has 1 aromatic heterocycles. The van der Waals surface area contributed by atoms with E-state index in [1.54, 1.807) is 6.08 Å². The van der Waals surface area contributed by atoms with Gasteiger partial charge < -0.3 is 9.72 Å². The second kappa shape index (κ2) is 4.96. The highest BCUT2D eigenvalue weighted by Gasteiger charge is 2.21. The van der Waals surface area contributed by atoms with Crippen LogP contribution in [0.2, 0.25) is 0 Å². The number of aromatic nitrogens is 1. The molecule has 0 saturated heterocycles. The molecular formula is C16H15NO3. The quantitative estimate of drug-likeness (QED) is 0.673. The largest absolute Gasteiger partial charge is 0.466 e. The number of nitrogens with one attached hydrogen (secondary N) is 1. The Morgan fingerprint density at radius 3 is 3.00 bits per heavy atom. The number of methoxy groups -OCH3 is 1. The number of ether oxygens (including phenoxy) is 1. The number of esters is 1. The summed E-state index contributed by atoms with van der Waals surface area (Å²) in [4.78, 5) is 26.2. The maximum Gasteiger partial charge on any atom is 0.330 e. The third-order valence-corrected chi connectivity index (χ3v) is 3.65. The molecule has 4 heteroatoms. The number of carbonyl (C=O) groups is 2. The zero-order valence-corrected chi connectivity index (χ0v) is 11.2. The number of Topliss-reactive ketones (excluding diaryl/α,β-unsaturated/α-hetero) is 1. The van der Waals surface area contributed by atoms with Gasteiger partial charge in [0.2, 0.25) is 0 Å². The molecule has 0 bridgehead atoms. The number of aryl methyl sites for hydroxylation is 1. The van der Waals surface area contributed by atoms with Crippen LogP contribution in [0.1, 0.15) is 34.5 Å². The van der Waals surface area contributed by atoms with Crippen molar-refractivity contribution in [3.8, 4) is 0 Å². The van der Waals surface area contributed by atoms with E-state index in [0.717, 1.165) is 40.6 Å². The van der Waals surface area contributed by atoms with Gasteiger partial charge in [-0.05, 0) is 42.2 Å². The Balaban J connectivity index is 2.05. The minimum absolute atomic E-state index is 0.189. The molecule has 0 unspecified atom stereocenters. The van der Waals surface area contributed by atoms with Crippen LogP contribution in [0.3, 0.4) is 0 Å². The molecule has 0 aliphatic heterocycles. The Morgan fingerprint density at radius 1 is 1.35 bits per heavy atom. The highest BCUT2D eigenvalue weighted by molar-refractivity contribution is 6.03. The molecule has 2 aromatic rings. The second-order valence-corrected chi connectivity index (χ2v) is 4.92. The topological polar surface area (TPSA) is 59.2 Å². The molecule has 0 saturated carbocycles. The summed E-state index contributed by atoms with van der Waals surface area (Å²) < 4.78 is 4.57. The van der Waals surface area contributed by atoms with Crippen molar-refractivity contribution in [1.29, 1.82) is 0 Å². The first-order chi connectivity index (χ1) is 9.69. The van der Waals surface area contributed by atoms with Crippen LogP contribution in [0, 0.1) is 0 Å². The Bertz CT molecular complexity index is 725. The first-order valence-electron chi connectivity index (χ1n) is 6.63. The van der Waals surface area contributed by atoms with Crippen LogP contribution in [-0.4, -0.2) is 23.8 Å². The second-order valence-electron chi connectivity index (χ2n) is 4.92. The molecule has 3 rings (SSSR count). The first kappa shape index (κ1) is 12.7. The van der Waals surface area contributed by atoms with Gasteiger partial charge in [0.05, 0.1) is 12.8 Å². The van der Waals surface area contributed by atoms with Crippen LogP contribution in [-0.2, 0) is 16.0 Å². The van der Waals surface area contributed by atoms with E-state index in [2.05, 4.69) is 9.72 Å². The molecule has 1 N–H and O–H groups in total. The van der Waals surface area contributed by atoms with Crippen LogP contribution in [0.25, 0.3) is 17.0 Å². The van der Waals surface area contributed by atoms with E-state index in [0.29, 0.717) is 6.42 Å². The van der Waals surface area contributed by atoms with Gasteiger partial charge in [-0.25, -0.2) is 4.79 Å². The molecule has 0 radical (unpaired) electrons. The van der Waals surface area contributed by atoms with Crippen LogP contribution in [0.4, 0.5) is 0 Å². The number of benzene rings is 1. The van der Waals surface area contributed by atoms with E-state index in [-0.39, 0.29) is 11.8 Å². The number of ketones is 1. The third-order valence-electron chi connectivity index (χ3n) is 3.65. The molecule has 102 valence electrons. The molecule has 0 atom stereocenters. The van der Waals surface area contributed by atoms with Crippen molar-refractivity contribution < 1.29 is 14.3 Å². The van der Waals surface area contributed by atoms with E-state index in [1.165, 1.54) is 13.2 Å². The van der Waals surface area contributed by atoms with Crippen molar-refractivity contribution in [2.45, 2.75) is 19.3 Å². The summed E-state index contributed by atoms with van der Waals surface area (Å²) in [5.41, 5.74) is 3.74. The van der Waals surface area contributed by atoms with E-state index in [4.69, 9.17) is 0 Å². The zero-order chi connectivity index (χ0) is 14.1. The molecule has 0 fully saturated rings. The molecule has 1 aromatic carbocycles. The summed E-state index contributed by atoms with van der Waals surface area (Å²) in [7, 11) is 1.35. The van der Waals surface area contributed by atoms with E-state index >= 15 is 0 Å². The Labute approximate surface area is 116 Å². The van der Waals surface area contributed by atoms with Crippen LogP contribution in [0.15, 0.2) is 24.3 Å². The van der Waals surface area contributed by atoms with Gasteiger partial charge in [-0.3, -0.25) is 4.79 Å². The SMILES string of the molecule is COC(=O)C=Cc1ccc2[nH]c3c(c2c1)CCCC3=O. The zero-order valence-electron chi connectivity index (χ0n) is 11.2. The van der Waals surface area contributed by atoms with Crippen LogP contribution >= 0.6 is 0 Å². The Morgan fingerprint density at radius 2 is 2.20 bits per heavy atom. The van der Waals surface area contributed by atoms with Gasteiger partial charge in [0.25, 0.3) is 0 Å².